The van der Waals surface area contributed by atoms with E-state index < -0.39 is 21.7 Å². The highest BCUT2D eigenvalue weighted by Gasteiger charge is 2.36. The first kappa shape index (κ1) is 18.5. The largest absolute Gasteiger partial charge is 0.451 e. The summed E-state index contributed by atoms with van der Waals surface area (Å²) in [4.78, 5) is 14.4. The molecule has 3 aromatic rings. The Kier molecular flexibility index (Phi) is 4.19. The molecule has 0 atom stereocenters. The summed E-state index contributed by atoms with van der Waals surface area (Å²) in [5.41, 5.74) is 0.788. The van der Waals surface area contributed by atoms with Gasteiger partial charge in [0.15, 0.2) is 5.76 Å². The van der Waals surface area contributed by atoms with E-state index in [4.69, 9.17) is 4.42 Å². The number of nitrogens with one attached hydrogen (secondary N) is 1. The van der Waals surface area contributed by atoms with Crippen molar-refractivity contribution in [1.82, 2.24) is 4.72 Å². The fourth-order valence-corrected chi connectivity index (χ4v) is 4.31. The van der Waals surface area contributed by atoms with Gasteiger partial charge in [-0.25, -0.2) is 17.5 Å². The average Bonchev–Trinajstić information content (AvgIpc) is 3.06. The van der Waals surface area contributed by atoms with Crippen molar-refractivity contribution in [3.05, 3.63) is 60.1 Å². The van der Waals surface area contributed by atoms with Crippen LogP contribution in [0.4, 0.5) is 10.1 Å². The maximum Gasteiger partial charge on any atom is 0.300 e. The lowest BCUT2D eigenvalue weighted by Crippen LogP contribution is -2.56. The fraction of sp³-hybridized carbons (Fsp3) is 0.250. The van der Waals surface area contributed by atoms with E-state index in [-0.39, 0.29) is 27.2 Å². The van der Waals surface area contributed by atoms with Gasteiger partial charge in [0.05, 0.1) is 10.3 Å². The third-order valence-electron chi connectivity index (χ3n) is 5.07. The predicted octanol–water partition coefficient (Wildman–Crippen LogP) is 3.68. The lowest BCUT2D eigenvalue weighted by molar-refractivity contribution is 0.0956. The quantitative estimate of drug-likeness (QED) is 0.720. The summed E-state index contributed by atoms with van der Waals surface area (Å²) in [6.07, 6.45) is 0.996. The minimum absolute atomic E-state index is 0.0482. The summed E-state index contributed by atoms with van der Waals surface area (Å²) < 4.78 is 46.6. The molecule has 0 radical (unpaired) electrons. The Morgan fingerprint density at radius 2 is 1.89 bits per heavy atom. The van der Waals surface area contributed by atoms with E-state index in [2.05, 4.69) is 18.7 Å². The van der Waals surface area contributed by atoms with Crippen LogP contribution in [-0.2, 0) is 10.0 Å². The summed E-state index contributed by atoms with van der Waals surface area (Å²) in [5, 5.41) is 0.129. The van der Waals surface area contributed by atoms with Gasteiger partial charge in [-0.15, -0.1) is 0 Å². The maximum atomic E-state index is 14.6. The van der Waals surface area contributed by atoms with Gasteiger partial charge in [0, 0.05) is 29.9 Å². The standard InChI is InChI=1S/C20H19FN2O4S/c1-20(2)8-9-23(20)13-10-16(21)15-12-18(27-17(15)11-13)19(24)22-28(25,26)14-6-4-3-5-7-14/h3-7,10-12H,8-9H2,1-2H3,(H,22,24). The van der Waals surface area contributed by atoms with Gasteiger partial charge in [-0.1, -0.05) is 18.2 Å². The fourth-order valence-electron chi connectivity index (χ4n) is 3.33. The molecule has 0 spiro atoms. The minimum Gasteiger partial charge on any atom is -0.451 e. The highest BCUT2D eigenvalue weighted by Crippen LogP contribution is 2.37. The smallest absolute Gasteiger partial charge is 0.300 e. The molecule has 28 heavy (non-hydrogen) atoms. The second-order valence-corrected chi connectivity index (χ2v) is 9.09. The molecule has 0 aliphatic carbocycles. The topological polar surface area (TPSA) is 79.6 Å². The minimum atomic E-state index is -4.05. The third-order valence-corrected chi connectivity index (χ3v) is 6.41. The molecule has 0 unspecified atom stereocenters. The molecule has 1 aliphatic rings. The Morgan fingerprint density at radius 1 is 1.18 bits per heavy atom. The molecule has 0 saturated carbocycles. The van der Waals surface area contributed by atoms with Crippen LogP contribution >= 0.6 is 0 Å². The van der Waals surface area contributed by atoms with Crippen LogP contribution in [0.3, 0.4) is 0 Å². The van der Waals surface area contributed by atoms with E-state index in [0.717, 1.165) is 13.0 Å². The molecule has 1 amide bonds. The summed E-state index contributed by atoms with van der Waals surface area (Å²) in [5.74, 6) is -1.75. The normalized spacial score (nSPS) is 16.0. The summed E-state index contributed by atoms with van der Waals surface area (Å²) in [7, 11) is -4.05. The molecule has 4 rings (SSSR count). The molecule has 146 valence electrons. The van der Waals surface area contributed by atoms with Crippen molar-refractivity contribution in [2.75, 3.05) is 11.4 Å². The molecule has 2 aromatic carbocycles. The molecule has 8 heteroatoms. The van der Waals surface area contributed by atoms with Gasteiger partial charge in [0.2, 0.25) is 0 Å². The van der Waals surface area contributed by atoms with Gasteiger partial charge in [0.1, 0.15) is 11.4 Å². The van der Waals surface area contributed by atoms with Crippen molar-refractivity contribution in [2.45, 2.75) is 30.7 Å². The molecule has 6 nitrogen and oxygen atoms in total. The molecule has 2 heterocycles. The van der Waals surface area contributed by atoms with Crippen molar-refractivity contribution < 1.29 is 22.0 Å². The lowest BCUT2D eigenvalue weighted by atomic mass is 9.88. The van der Waals surface area contributed by atoms with Crippen LogP contribution in [0.1, 0.15) is 30.8 Å². The number of sulfonamides is 1. The Labute approximate surface area is 162 Å². The molecule has 0 bridgehead atoms. The van der Waals surface area contributed by atoms with Crippen molar-refractivity contribution in [1.29, 1.82) is 0 Å². The number of nitrogens with zero attached hydrogens (tertiary/aromatic N) is 1. The molecule has 1 fully saturated rings. The van der Waals surface area contributed by atoms with Crippen LogP contribution in [0.15, 0.2) is 57.8 Å². The number of carbonyl (C=O) groups is 1. The van der Waals surface area contributed by atoms with Crippen molar-refractivity contribution in [3.8, 4) is 0 Å². The molecule has 1 N–H and O–H groups in total. The molecular weight excluding hydrogens is 383 g/mol. The van der Waals surface area contributed by atoms with Gasteiger partial charge >= 0.3 is 5.91 Å². The number of halogens is 1. The number of hydrogen-bond donors (Lipinski definition) is 1. The zero-order chi connectivity index (χ0) is 20.1. The Balaban J connectivity index is 1.64. The number of furan rings is 1. The second-order valence-electron chi connectivity index (χ2n) is 7.41. The van der Waals surface area contributed by atoms with E-state index >= 15 is 0 Å². The zero-order valence-electron chi connectivity index (χ0n) is 15.4. The van der Waals surface area contributed by atoms with Gasteiger partial charge in [0.25, 0.3) is 10.0 Å². The van der Waals surface area contributed by atoms with Crippen molar-refractivity contribution >= 4 is 32.6 Å². The number of fused-ring (bicyclic) bond motifs is 1. The molecular formula is C20H19FN2O4S. The molecule has 1 aromatic heterocycles. The lowest BCUT2D eigenvalue weighted by Gasteiger charge is -2.50. The predicted molar refractivity (Wildman–Crippen MR) is 103 cm³/mol. The first-order valence-electron chi connectivity index (χ1n) is 8.80. The van der Waals surface area contributed by atoms with E-state index in [1.807, 2.05) is 4.72 Å². The number of rotatable bonds is 4. The first-order valence-corrected chi connectivity index (χ1v) is 10.3. The van der Waals surface area contributed by atoms with Gasteiger partial charge in [-0.05, 0) is 38.5 Å². The number of benzene rings is 2. The number of amides is 1. The molecule has 1 saturated heterocycles. The Bertz CT molecular complexity index is 1170. The van der Waals surface area contributed by atoms with Gasteiger partial charge in [-0.3, -0.25) is 4.79 Å². The monoisotopic (exact) mass is 402 g/mol. The number of anilines is 1. The summed E-state index contributed by atoms with van der Waals surface area (Å²) in [6, 6.07) is 11.8. The van der Waals surface area contributed by atoms with E-state index in [9.17, 15) is 17.6 Å². The van der Waals surface area contributed by atoms with Crippen molar-refractivity contribution in [3.63, 3.8) is 0 Å². The summed E-state index contributed by atoms with van der Waals surface area (Å²) >= 11 is 0. The van der Waals surface area contributed by atoms with Crippen LogP contribution in [0, 0.1) is 5.82 Å². The summed E-state index contributed by atoms with van der Waals surface area (Å²) in [6.45, 7) is 4.93. The van der Waals surface area contributed by atoms with Crippen LogP contribution in [0.2, 0.25) is 0 Å². The molecule has 1 aliphatic heterocycles. The number of hydrogen-bond acceptors (Lipinski definition) is 5. The van der Waals surface area contributed by atoms with Crippen molar-refractivity contribution in [2.24, 2.45) is 0 Å². The maximum absolute atomic E-state index is 14.6. The Morgan fingerprint density at radius 3 is 2.50 bits per heavy atom. The van der Waals surface area contributed by atoms with Gasteiger partial charge in [-0.2, -0.15) is 0 Å². The van der Waals surface area contributed by atoms with Gasteiger partial charge < -0.3 is 9.32 Å². The number of carbonyl (C=O) groups excluding carboxylic acids is 1. The second kappa shape index (κ2) is 6.34. The first-order chi connectivity index (χ1) is 13.2. The van der Waals surface area contributed by atoms with Crippen LogP contribution in [-0.4, -0.2) is 26.4 Å². The van der Waals surface area contributed by atoms with E-state index in [1.165, 1.54) is 24.3 Å². The van der Waals surface area contributed by atoms with Crippen LogP contribution in [0.25, 0.3) is 11.0 Å². The highest BCUT2D eigenvalue weighted by atomic mass is 32.2. The Hall–Kier alpha value is -2.87. The van der Waals surface area contributed by atoms with Crippen LogP contribution in [0.5, 0.6) is 0 Å². The zero-order valence-corrected chi connectivity index (χ0v) is 16.2. The highest BCUT2D eigenvalue weighted by molar-refractivity contribution is 7.90. The third kappa shape index (κ3) is 3.13. The van der Waals surface area contributed by atoms with E-state index in [1.54, 1.807) is 24.3 Å². The average molecular weight is 402 g/mol. The SMILES string of the molecule is CC1(C)CCN1c1cc(F)c2cc(C(=O)NS(=O)(=O)c3ccccc3)oc2c1. The van der Waals surface area contributed by atoms with E-state index in [0.29, 0.717) is 5.69 Å². The van der Waals surface area contributed by atoms with Crippen LogP contribution < -0.4 is 9.62 Å².